The molecule has 0 saturated heterocycles. The van der Waals surface area contributed by atoms with Crippen molar-refractivity contribution in [2.24, 2.45) is 0 Å². The van der Waals surface area contributed by atoms with Crippen LogP contribution in [-0.2, 0) is 4.79 Å². The summed E-state index contributed by atoms with van der Waals surface area (Å²) in [5.74, 6) is -0.0354. The first-order valence-corrected chi connectivity index (χ1v) is 7.53. The largest absolute Gasteiger partial charge is 0.353 e. The Morgan fingerprint density at radius 2 is 1.79 bits per heavy atom. The molecule has 1 aromatic heterocycles. The van der Waals surface area contributed by atoms with Crippen LogP contribution in [0.1, 0.15) is 19.0 Å². The number of hydrogen-bond acceptors (Lipinski definition) is 5. The lowest BCUT2D eigenvalue weighted by Gasteiger charge is -2.11. The summed E-state index contributed by atoms with van der Waals surface area (Å²) in [6, 6.07) is 16.8. The third kappa shape index (κ3) is 3.15. The summed E-state index contributed by atoms with van der Waals surface area (Å²) in [7, 11) is 0. The summed E-state index contributed by atoms with van der Waals surface area (Å²) < 4.78 is 0. The molecule has 1 amide bonds. The van der Waals surface area contributed by atoms with Gasteiger partial charge in [0.05, 0.1) is 11.2 Å². The Morgan fingerprint density at radius 1 is 1.08 bits per heavy atom. The SMILES string of the molecule is CCC(=O)Nc1ccc(Nc2c(C#N)nnc3ccccc23)cc1. The average Bonchev–Trinajstić information content (AvgIpc) is 2.63. The van der Waals surface area contributed by atoms with E-state index in [1.807, 2.05) is 36.4 Å². The van der Waals surface area contributed by atoms with E-state index < -0.39 is 0 Å². The van der Waals surface area contributed by atoms with E-state index in [4.69, 9.17) is 0 Å². The number of nitrogens with zero attached hydrogens (tertiary/aromatic N) is 3. The fourth-order valence-electron chi connectivity index (χ4n) is 2.29. The van der Waals surface area contributed by atoms with E-state index >= 15 is 0 Å². The second kappa shape index (κ2) is 6.75. The molecule has 24 heavy (non-hydrogen) atoms. The number of nitriles is 1. The normalized spacial score (nSPS) is 10.2. The van der Waals surface area contributed by atoms with E-state index in [1.165, 1.54) is 0 Å². The Bertz CT molecular complexity index is 928. The molecule has 0 spiro atoms. The molecule has 0 aliphatic heterocycles. The van der Waals surface area contributed by atoms with Gasteiger partial charge in [-0.25, -0.2) is 0 Å². The zero-order chi connectivity index (χ0) is 16.9. The summed E-state index contributed by atoms with van der Waals surface area (Å²) in [6.45, 7) is 1.80. The van der Waals surface area contributed by atoms with Crippen LogP contribution in [0.15, 0.2) is 48.5 Å². The molecule has 118 valence electrons. The van der Waals surface area contributed by atoms with Crippen molar-refractivity contribution in [3.8, 4) is 6.07 Å². The van der Waals surface area contributed by atoms with Crippen molar-refractivity contribution in [1.29, 1.82) is 5.26 Å². The number of nitrogens with one attached hydrogen (secondary N) is 2. The molecule has 6 heteroatoms. The number of aromatic nitrogens is 2. The highest BCUT2D eigenvalue weighted by atomic mass is 16.1. The van der Waals surface area contributed by atoms with E-state index in [-0.39, 0.29) is 11.6 Å². The monoisotopic (exact) mass is 317 g/mol. The molecule has 0 saturated carbocycles. The van der Waals surface area contributed by atoms with Crippen LogP contribution < -0.4 is 10.6 Å². The number of fused-ring (bicyclic) bond motifs is 1. The Balaban J connectivity index is 1.92. The lowest BCUT2D eigenvalue weighted by atomic mass is 10.1. The maximum Gasteiger partial charge on any atom is 0.224 e. The van der Waals surface area contributed by atoms with E-state index in [1.54, 1.807) is 19.1 Å². The van der Waals surface area contributed by atoms with Crippen molar-refractivity contribution in [3.05, 3.63) is 54.2 Å². The molecule has 2 aromatic carbocycles. The number of benzene rings is 2. The van der Waals surface area contributed by atoms with Crippen LogP contribution in [-0.4, -0.2) is 16.1 Å². The third-order valence-corrected chi connectivity index (χ3v) is 3.53. The summed E-state index contributed by atoms with van der Waals surface area (Å²) in [5.41, 5.74) is 3.08. The standard InChI is InChI=1S/C18H15N5O/c1-2-17(24)20-12-7-9-13(10-8-12)21-18-14-5-3-4-6-15(14)22-23-16(18)11-19/h3-10H,2H2,1H3,(H,20,24)(H,21,22). The topological polar surface area (TPSA) is 90.7 Å². The summed E-state index contributed by atoms with van der Waals surface area (Å²) in [5, 5.41) is 24.1. The van der Waals surface area contributed by atoms with Crippen molar-refractivity contribution in [2.75, 3.05) is 10.6 Å². The number of carbonyl (C=O) groups is 1. The molecule has 0 fully saturated rings. The van der Waals surface area contributed by atoms with Gasteiger partial charge < -0.3 is 10.6 Å². The number of anilines is 3. The number of amides is 1. The minimum atomic E-state index is -0.0354. The molecule has 0 radical (unpaired) electrons. The Labute approximate surface area is 139 Å². The predicted octanol–water partition coefficient (Wildman–Crippen LogP) is 3.59. The highest BCUT2D eigenvalue weighted by Crippen LogP contribution is 2.27. The van der Waals surface area contributed by atoms with Crippen LogP contribution in [0.5, 0.6) is 0 Å². The van der Waals surface area contributed by atoms with E-state index in [2.05, 4.69) is 26.9 Å². The molecule has 3 aromatic rings. The molecular weight excluding hydrogens is 302 g/mol. The predicted molar refractivity (Wildman–Crippen MR) is 92.9 cm³/mol. The van der Waals surface area contributed by atoms with Crippen LogP contribution in [0.25, 0.3) is 10.9 Å². The van der Waals surface area contributed by atoms with E-state index in [0.717, 1.165) is 16.8 Å². The molecule has 6 nitrogen and oxygen atoms in total. The number of rotatable bonds is 4. The van der Waals surface area contributed by atoms with Crippen LogP contribution in [0.2, 0.25) is 0 Å². The maximum absolute atomic E-state index is 11.4. The van der Waals surface area contributed by atoms with Gasteiger partial charge in [-0.15, -0.1) is 10.2 Å². The lowest BCUT2D eigenvalue weighted by Crippen LogP contribution is -2.09. The molecule has 1 heterocycles. The molecule has 0 bridgehead atoms. The maximum atomic E-state index is 11.4. The van der Waals surface area contributed by atoms with Gasteiger partial charge in [-0.05, 0) is 30.3 Å². The smallest absolute Gasteiger partial charge is 0.224 e. The zero-order valence-corrected chi connectivity index (χ0v) is 13.1. The van der Waals surface area contributed by atoms with Gasteiger partial charge in [0.25, 0.3) is 0 Å². The van der Waals surface area contributed by atoms with E-state index in [9.17, 15) is 10.1 Å². The molecule has 0 aliphatic rings. The first-order chi connectivity index (χ1) is 11.7. The molecular formula is C18H15N5O. The van der Waals surface area contributed by atoms with Gasteiger partial charge in [-0.3, -0.25) is 4.79 Å². The number of hydrogen-bond donors (Lipinski definition) is 2. The van der Waals surface area contributed by atoms with Gasteiger partial charge in [0.2, 0.25) is 5.91 Å². The van der Waals surface area contributed by atoms with Gasteiger partial charge in [0.1, 0.15) is 6.07 Å². The minimum absolute atomic E-state index is 0.0354. The third-order valence-electron chi connectivity index (χ3n) is 3.53. The molecule has 0 aliphatic carbocycles. The van der Waals surface area contributed by atoms with Gasteiger partial charge in [0.15, 0.2) is 5.69 Å². The van der Waals surface area contributed by atoms with Crippen molar-refractivity contribution in [1.82, 2.24) is 10.2 Å². The number of carbonyl (C=O) groups excluding carboxylic acids is 1. The zero-order valence-electron chi connectivity index (χ0n) is 13.1. The molecule has 0 atom stereocenters. The Kier molecular flexibility index (Phi) is 4.34. The summed E-state index contributed by atoms with van der Waals surface area (Å²) in [4.78, 5) is 11.4. The highest BCUT2D eigenvalue weighted by molar-refractivity contribution is 5.95. The Hall–Kier alpha value is -3.46. The fourth-order valence-corrected chi connectivity index (χ4v) is 2.29. The summed E-state index contributed by atoms with van der Waals surface area (Å²) in [6.07, 6.45) is 0.431. The average molecular weight is 317 g/mol. The van der Waals surface area contributed by atoms with Crippen molar-refractivity contribution in [2.45, 2.75) is 13.3 Å². The second-order valence-corrected chi connectivity index (χ2v) is 5.16. The van der Waals surface area contributed by atoms with E-state index in [0.29, 0.717) is 17.6 Å². The molecule has 2 N–H and O–H groups in total. The first-order valence-electron chi connectivity index (χ1n) is 7.53. The quantitative estimate of drug-likeness (QED) is 0.767. The fraction of sp³-hybridized carbons (Fsp3) is 0.111. The van der Waals surface area contributed by atoms with Crippen molar-refractivity contribution in [3.63, 3.8) is 0 Å². The van der Waals surface area contributed by atoms with Gasteiger partial charge >= 0.3 is 0 Å². The van der Waals surface area contributed by atoms with Gasteiger partial charge in [-0.2, -0.15) is 5.26 Å². The lowest BCUT2D eigenvalue weighted by molar-refractivity contribution is -0.115. The van der Waals surface area contributed by atoms with Crippen molar-refractivity contribution < 1.29 is 4.79 Å². The molecule has 0 unspecified atom stereocenters. The van der Waals surface area contributed by atoms with Crippen LogP contribution in [0.4, 0.5) is 17.1 Å². The van der Waals surface area contributed by atoms with Crippen LogP contribution >= 0.6 is 0 Å². The van der Waals surface area contributed by atoms with Crippen LogP contribution in [0.3, 0.4) is 0 Å². The van der Waals surface area contributed by atoms with Crippen LogP contribution in [0, 0.1) is 11.3 Å². The Morgan fingerprint density at radius 3 is 2.50 bits per heavy atom. The summed E-state index contributed by atoms with van der Waals surface area (Å²) >= 11 is 0. The van der Waals surface area contributed by atoms with Gasteiger partial charge in [0, 0.05) is 23.2 Å². The highest BCUT2D eigenvalue weighted by Gasteiger charge is 2.10. The molecule has 3 rings (SSSR count). The second-order valence-electron chi connectivity index (χ2n) is 5.16. The van der Waals surface area contributed by atoms with Gasteiger partial charge in [-0.1, -0.05) is 25.1 Å². The first kappa shape index (κ1) is 15.4. The minimum Gasteiger partial charge on any atom is -0.353 e. The van der Waals surface area contributed by atoms with Crippen molar-refractivity contribution >= 4 is 33.9 Å².